The number of aromatic amines is 1. The van der Waals surface area contributed by atoms with Crippen LogP contribution in [0.5, 0.6) is 0 Å². The van der Waals surface area contributed by atoms with E-state index in [9.17, 15) is 14.4 Å². The second-order valence-corrected chi connectivity index (χ2v) is 6.86. The molecule has 0 saturated heterocycles. The fraction of sp³-hybridized carbons (Fsp3) is 0.381. The van der Waals surface area contributed by atoms with E-state index in [2.05, 4.69) is 4.98 Å². The number of aromatic nitrogens is 1. The molecule has 2 aromatic rings. The van der Waals surface area contributed by atoms with Gasteiger partial charge in [0.25, 0.3) is 5.91 Å². The summed E-state index contributed by atoms with van der Waals surface area (Å²) in [5.74, 6) is -1.57. The summed E-state index contributed by atoms with van der Waals surface area (Å²) in [6.45, 7) is 8.33. The highest BCUT2D eigenvalue weighted by atomic mass is 16.6. The standard InChI is InChI=1S/C21H26N2O5/c1-12(2)27-20(25)17-13(3)18(22-14(17)4)21(26)28-15(5)19(24)23(6)16-10-8-7-9-11-16/h7-12,15,22H,1-6H3/t15-/m1/s1. The van der Waals surface area contributed by atoms with Gasteiger partial charge in [0.15, 0.2) is 6.10 Å². The van der Waals surface area contributed by atoms with E-state index in [4.69, 9.17) is 9.47 Å². The molecule has 0 spiro atoms. The minimum Gasteiger partial charge on any atom is -0.459 e. The molecular formula is C21H26N2O5. The summed E-state index contributed by atoms with van der Waals surface area (Å²) in [6, 6.07) is 9.07. The molecule has 0 aliphatic rings. The van der Waals surface area contributed by atoms with Crippen LogP contribution >= 0.6 is 0 Å². The lowest BCUT2D eigenvalue weighted by Gasteiger charge is -2.21. The van der Waals surface area contributed by atoms with Gasteiger partial charge in [-0.05, 0) is 52.3 Å². The first-order valence-corrected chi connectivity index (χ1v) is 9.07. The molecule has 0 aliphatic heterocycles. The van der Waals surface area contributed by atoms with Crippen molar-refractivity contribution in [1.82, 2.24) is 4.98 Å². The van der Waals surface area contributed by atoms with Crippen molar-refractivity contribution in [2.45, 2.75) is 46.8 Å². The molecule has 1 amide bonds. The van der Waals surface area contributed by atoms with Crippen molar-refractivity contribution in [2.24, 2.45) is 0 Å². The summed E-state index contributed by atoms with van der Waals surface area (Å²) in [6.07, 6.45) is -1.27. The first kappa shape index (κ1) is 21.2. The number of hydrogen-bond donors (Lipinski definition) is 1. The Morgan fingerprint density at radius 3 is 2.14 bits per heavy atom. The fourth-order valence-corrected chi connectivity index (χ4v) is 2.85. The van der Waals surface area contributed by atoms with Gasteiger partial charge in [0, 0.05) is 18.4 Å². The molecule has 0 radical (unpaired) electrons. The molecule has 7 heteroatoms. The van der Waals surface area contributed by atoms with E-state index >= 15 is 0 Å². The molecule has 7 nitrogen and oxygen atoms in total. The van der Waals surface area contributed by atoms with Gasteiger partial charge in [-0.15, -0.1) is 0 Å². The second-order valence-electron chi connectivity index (χ2n) is 6.86. The van der Waals surface area contributed by atoms with Crippen molar-refractivity contribution in [3.05, 3.63) is 52.8 Å². The number of nitrogens with one attached hydrogen (secondary N) is 1. The second kappa shape index (κ2) is 8.73. The summed E-state index contributed by atoms with van der Waals surface area (Å²) in [5.41, 5.74) is 2.08. The van der Waals surface area contributed by atoms with Crippen LogP contribution in [0.25, 0.3) is 0 Å². The van der Waals surface area contributed by atoms with Gasteiger partial charge in [0.1, 0.15) is 5.69 Å². The van der Waals surface area contributed by atoms with Crippen molar-refractivity contribution in [3.63, 3.8) is 0 Å². The normalized spacial score (nSPS) is 11.8. The van der Waals surface area contributed by atoms with Crippen LogP contribution in [0.1, 0.15) is 52.9 Å². The van der Waals surface area contributed by atoms with Crippen LogP contribution in [0.15, 0.2) is 30.3 Å². The van der Waals surface area contributed by atoms with Crippen molar-refractivity contribution in [2.75, 3.05) is 11.9 Å². The van der Waals surface area contributed by atoms with Crippen LogP contribution in [0.2, 0.25) is 0 Å². The third-order valence-electron chi connectivity index (χ3n) is 4.29. The third kappa shape index (κ3) is 4.60. The van der Waals surface area contributed by atoms with Gasteiger partial charge in [-0.2, -0.15) is 0 Å². The lowest BCUT2D eigenvalue weighted by molar-refractivity contribution is -0.126. The number of benzene rings is 1. The van der Waals surface area contributed by atoms with Gasteiger partial charge in [-0.1, -0.05) is 18.2 Å². The zero-order valence-corrected chi connectivity index (χ0v) is 17.0. The summed E-state index contributed by atoms with van der Waals surface area (Å²) in [4.78, 5) is 41.7. The molecule has 0 fully saturated rings. The van der Waals surface area contributed by atoms with Gasteiger partial charge in [0.05, 0.1) is 11.7 Å². The number of H-pyrrole nitrogens is 1. The molecule has 1 atom stereocenters. The lowest BCUT2D eigenvalue weighted by atomic mass is 10.1. The molecule has 2 rings (SSSR count). The van der Waals surface area contributed by atoms with E-state index in [0.717, 1.165) is 0 Å². The Kier molecular flexibility index (Phi) is 6.62. The average Bonchev–Trinajstić information content (AvgIpc) is 2.94. The number of aryl methyl sites for hydroxylation is 1. The van der Waals surface area contributed by atoms with Crippen LogP contribution < -0.4 is 4.90 Å². The Morgan fingerprint density at radius 2 is 1.57 bits per heavy atom. The third-order valence-corrected chi connectivity index (χ3v) is 4.29. The molecular weight excluding hydrogens is 360 g/mol. The zero-order valence-electron chi connectivity index (χ0n) is 17.0. The van der Waals surface area contributed by atoms with Gasteiger partial charge < -0.3 is 19.4 Å². The number of hydrogen-bond acceptors (Lipinski definition) is 5. The van der Waals surface area contributed by atoms with E-state index in [1.807, 2.05) is 18.2 Å². The summed E-state index contributed by atoms with van der Waals surface area (Å²) >= 11 is 0. The smallest absolute Gasteiger partial charge is 0.355 e. The number of carbonyl (C=O) groups is 3. The topological polar surface area (TPSA) is 88.7 Å². The van der Waals surface area contributed by atoms with Crippen molar-refractivity contribution >= 4 is 23.5 Å². The Balaban J connectivity index is 2.14. The SMILES string of the molecule is Cc1[nH]c(C(=O)O[C@H](C)C(=O)N(C)c2ccccc2)c(C)c1C(=O)OC(C)C. The van der Waals surface area contributed by atoms with Crippen LogP contribution in [-0.4, -0.2) is 42.1 Å². The molecule has 0 unspecified atom stereocenters. The number of rotatable bonds is 6. The molecule has 1 N–H and O–H groups in total. The number of carbonyl (C=O) groups excluding carboxylic acids is 3. The fourth-order valence-electron chi connectivity index (χ4n) is 2.85. The van der Waals surface area contributed by atoms with E-state index < -0.39 is 18.0 Å². The Morgan fingerprint density at radius 1 is 0.964 bits per heavy atom. The van der Waals surface area contributed by atoms with Gasteiger partial charge in [-0.3, -0.25) is 4.79 Å². The largest absolute Gasteiger partial charge is 0.459 e. The molecule has 1 aromatic heterocycles. The lowest BCUT2D eigenvalue weighted by Crippen LogP contribution is -2.37. The van der Waals surface area contributed by atoms with Crippen LogP contribution in [0, 0.1) is 13.8 Å². The number of amides is 1. The maximum Gasteiger partial charge on any atom is 0.355 e. The summed E-state index contributed by atoms with van der Waals surface area (Å²) in [5, 5.41) is 0. The van der Waals surface area contributed by atoms with Crippen LogP contribution in [0.3, 0.4) is 0 Å². The highest BCUT2D eigenvalue weighted by molar-refractivity contribution is 6.01. The van der Waals surface area contributed by atoms with E-state index in [1.165, 1.54) is 11.8 Å². The van der Waals surface area contributed by atoms with Crippen molar-refractivity contribution in [1.29, 1.82) is 0 Å². The predicted octanol–water partition coefficient (Wildman–Crippen LogP) is 3.41. The molecule has 1 heterocycles. The van der Waals surface area contributed by atoms with E-state index in [-0.39, 0.29) is 17.7 Å². The van der Waals surface area contributed by atoms with E-state index in [1.54, 1.807) is 46.9 Å². The van der Waals surface area contributed by atoms with Gasteiger partial charge in [-0.25, -0.2) is 9.59 Å². The van der Waals surface area contributed by atoms with E-state index in [0.29, 0.717) is 22.5 Å². The molecule has 0 bridgehead atoms. The number of nitrogens with zero attached hydrogens (tertiary/aromatic N) is 1. The van der Waals surface area contributed by atoms with Crippen molar-refractivity contribution in [3.8, 4) is 0 Å². The van der Waals surface area contributed by atoms with Gasteiger partial charge >= 0.3 is 11.9 Å². The van der Waals surface area contributed by atoms with Crippen LogP contribution in [-0.2, 0) is 14.3 Å². The monoisotopic (exact) mass is 386 g/mol. The average molecular weight is 386 g/mol. The number of likely N-dealkylation sites (N-methyl/N-ethyl adjacent to an activating group) is 1. The highest BCUT2D eigenvalue weighted by Crippen LogP contribution is 2.21. The number of esters is 2. The Hall–Kier alpha value is -3.09. The zero-order chi connectivity index (χ0) is 21.0. The predicted molar refractivity (Wildman–Crippen MR) is 106 cm³/mol. The number of ether oxygens (including phenoxy) is 2. The summed E-state index contributed by atoms with van der Waals surface area (Å²) in [7, 11) is 1.62. The highest BCUT2D eigenvalue weighted by Gasteiger charge is 2.28. The van der Waals surface area contributed by atoms with Gasteiger partial charge in [0.2, 0.25) is 0 Å². The number of anilines is 1. The molecule has 28 heavy (non-hydrogen) atoms. The minimum atomic E-state index is -0.994. The molecule has 1 aromatic carbocycles. The minimum absolute atomic E-state index is 0.134. The first-order valence-electron chi connectivity index (χ1n) is 9.07. The van der Waals surface area contributed by atoms with Crippen LogP contribution in [0.4, 0.5) is 5.69 Å². The van der Waals surface area contributed by atoms with Crippen molar-refractivity contribution < 1.29 is 23.9 Å². The quantitative estimate of drug-likeness (QED) is 0.769. The molecule has 0 saturated carbocycles. The number of para-hydroxylation sites is 1. The Labute approximate surface area is 164 Å². The summed E-state index contributed by atoms with van der Waals surface area (Å²) < 4.78 is 10.6. The maximum atomic E-state index is 12.6. The first-order chi connectivity index (χ1) is 13.1. The molecule has 0 aliphatic carbocycles. The maximum absolute atomic E-state index is 12.6. The molecule has 150 valence electrons. The Bertz CT molecular complexity index is 870.